The van der Waals surface area contributed by atoms with E-state index in [0.29, 0.717) is 5.41 Å². The molecule has 0 aromatic heterocycles. The van der Waals surface area contributed by atoms with Gasteiger partial charge in [0, 0.05) is 0 Å². The Morgan fingerprint density at radius 3 is 2.33 bits per heavy atom. The van der Waals surface area contributed by atoms with Gasteiger partial charge in [0.25, 0.3) is 0 Å². The summed E-state index contributed by atoms with van der Waals surface area (Å²) < 4.78 is 5.90. The van der Waals surface area contributed by atoms with Gasteiger partial charge in [0.15, 0.2) is 0 Å². The number of carbonyl (C=O) groups excluding carboxylic acids is 1. The minimum absolute atomic E-state index is 0.0115. The molecule has 1 atom stereocenters. The molecule has 2 nitrogen and oxygen atoms in total. The van der Waals surface area contributed by atoms with Crippen LogP contribution in [-0.4, -0.2) is 11.6 Å². The highest BCUT2D eigenvalue weighted by atomic mass is 16.6. The second-order valence-corrected chi connectivity index (χ2v) is 7.46. The van der Waals surface area contributed by atoms with Gasteiger partial charge in [-0.3, -0.25) is 4.79 Å². The number of ether oxygens (including phenoxy) is 1. The summed E-state index contributed by atoms with van der Waals surface area (Å²) in [5, 5.41) is 0. The third kappa shape index (κ3) is 2.57. The van der Waals surface area contributed by atoms with E-state index >= 15 is 0 Å². The van der Waals surface area contributed by atoms with Crippen molar-refractivity contribution in [2.75, 3.05) is 0 Å². The minimum atomic E-state index is -0.339. The maximum absolute atomic E-state index is 12.2. The molecule has 0 heterocycles. The Hall–Kier alpha value is -0.530. The molecule has 0 aliphatic heterocycles. The van der Waals surface area contributed by atoms with Crippen LogP contribution in [0.25, 0.3) is 0 Å². The average molecular weight is 252 g/mol. The van der Waals surface area contributed by atoms with Crippen LogP contribution < -0.4 is 0 Å². The van der Waals surface area contributed by atoms with Crippen molar-refractivity contribution in [2.45, 2.75) is 84.7 Å². The van der Waals surface area contributed by atoms with Crippen LogP contribution in [0.5, 0.6) is 0 Å². The molecule has 0 aromatic carbocycles. The van der Waals surface area contributed by atoms with Crippen LogP contribution in [0, 0.1) is 10.8 Å². The van der Waals surface area contributed by atoms with Crippen molar-refractivity contribution in [1.82, 2.24) is 0 Å². The van der Waals surface area contributed by atoms with E-state index in [0.717, 1.165) is 19.3 Å². The number of rotatable bonds is 3. The summed E-state index contributed by atoms with van der Waals surface area (Å²) in [6, 6.07) is 0. The minimum Gasteiger partial charge on any atom is -0.459 e. The predicted molar refractivity (Wildman–Crippen MR) is 73.3 cm³/mol. The average Bonchev–Trinajstić information content (AvgIpc) is 2.87. The summed E-state index contributed by atoms with van der Waals surface area (Å²) in [7, 11) is 0. The van der Waals surface area contributed by atoms with Crippen LogP contribution in [0.1, 0.15) is 79.1 Å². The first-order valence-electron chi connectivity index (χ1n) is 7.54. The standard InChI is InChI=1S/C16H28O2/c1-5-14(2,3)13(17)18-15(4)10-11-16(12-15)8-6-7-9-16/h5-12H2,1-4H3. The van der Waals surface area contributed by atoms with Crippen molar-refractivity contribution in [3.05, 3.63) is 0 Å². The van der Waals surface area contributed by atoms with Crippen LogP contribution in [0.3, 0.4) is 0 Å². The first-order chi connectivity index (χ1) is 8.31. The van der Waals surface area contributed by atoms with Crippen molar-refractivity contribution < 1.29 is 9.53 Å². The van der Waals surface area contributed by atoms with Crippen LogP contribution >= 0.6 is 0 Å². The summed E-state index contributed by atoms with van der Waals surface area (Å²) in [6.07, 6.45) is 9.66. The summed E-state index contributed by atoms with van der Waals surface area (Å²) in [5.74, 6) is -0.0115. The van der Waals surface area contributed by atoms with E-state index in [1.165, 1.54) is 32.1 Å². The highest BCUT2D eigenvalue weighted by Gasteiger charge is 2.49. The molecule has 104 valence electrons. The maximum atomic E-state index is 12.2. The van der Waals surface area contributed by atoms with Crippen molar-refractivity contribution >= 4 is 5.97 Å². The monoisotopic (exact) mass is 252 g/mol. The van der Waals surface area contributed by atoms with Crippen LogP contribution in [0.15, 0.2) is 0 Å². The molecule has 0 bridgehead atoms. The summed E-state index contributed by atoms with van der Waals surface area (Å²) in [6.45, 7) is 8.17. The molecule has 2 saturated carbocycles. The lowest BCUT2D eigenvalue weighted by Crippen LogP contribution is -2.36. The largest absolute Gasteiger partial charge is 0.459 e. The lowest BCUT2D eigenvalue weighted by atomic mass is 9.83. The molecule has 0 aromatic rings. The molecule has 1 spiro atoms. The van der Waals surface area contributed by atoms with Gasteiger partial charge in [0.05, 0.1) is 5.41 Å². The molecule has 2 heteroatoms. The van der Waals surface area contributed by atoms with Gasteiger partial charge in [-0.2, -0.15) is 0 Å². The fraction of sp³-hybridized carbons (Fsp3) is 0.938. The Bertz CT molecular complexity index is 326. The van der Waals surface area contributed by atoms with Gasteiger partial charge in [0.1, 0.15) is 5.60 Å². The van der Waals surface area contributed by atoms with E-state index in [2.05, 4.69) is 13.8 Å². The molecule has 2 aliphatic carbocycles. The maximum Gasteiger partial charge on any atom is 0.312 e. The van der Waals surface area contributed by atoms with E-state index in [9.17, 15) is 4.79 Å². The van der Waals surface area contributed by atoms with Gasteiger partial charge in [-0.25, -0.2) is 0 Å². The van der Waals surface area contributed by atoms with E-state index < -0.39 is 0 Å². The normalized spacial score (nSPS) is 30.9. The molecule has 0 N–H and O–H groups in total. The number of hydrogen-bond acceptors (Lipinski definition) is 2. The number of hydrogen-bond donors (Lipinski definition) is 0. The molecule has 2 aliphatic rings. The smallest absolute Gasteiger partial charge is 0.312 e. The third-order valence-corrected chi connectivity index (χ3v) is 5.37. The van der Waals surface area contributed by atoms with Crippen molar-refractivity contribution in [2.24, 2.45) is 10.8 Å². The molecule has 18 heavy (non-hydrogen) atoms. The third-order valence-electron chi connectivity index (χ3n) is 5.37. The van der Waals surface area contributed by atoms with E-state index in [1.54, 1.807) is 0 Å². The van der Waals surface area contributed by atoms with Gasteiger partial charge in [0.2, 0.25) is 0 Å². The Kier molecular flexibility index (Phi) is 3.50. The molecule has 2 fully saturated rings. The molecule has 0 radical (unpaired) electrons. The van der Waals surface area contributed by atoms with Crippen molar-refractivity contribution in [3.8, 4) is 0 Å². The first kappa shape index (κ1) is 13.9. The quantitative estimate of drug-likeness (QED) is 0.693. The molecular formula is C16H28O2. The molecular weight excluding hydrogens is 224 g/mol. The second kappa shape index (κ2) is 4.54. The Labute approximate surface area is 111 Å². The van der Waals surface area contributed by atoms with Crippen LogP contribution in [0.2, 0.25) is 0 Å². The lowest BCUT2D eigenvalue weighted by Gasteiger charge is -2.32. The zero-order valence-corrected chi connectivity index (χ0v) is 12.5. The van der Waals surface area contributed by atoms with Gasteiger partial charge in [-0.15, -0.1) is 0 Å². The Balaban J connectivity index is 1.99. The molecule has 0 amide bonds. The highest BCUT2D eigenvalue weighted by molar-refractivity contribution is 5.76. The number of carbonyl (C=O) groups is 1. The zero-order valence-electron chi connectivity index (χ0n) is 12.5. The highest BCUT2D eigenvalue weighted by Crippen LogP contribution is 2.55. The second-order valence-electron chi connectivity index (χ2n) is 7.46. The summed E-state index contributed by atoms with van der Waals surface area (Å²) >= 11 is 0. The van der Waals surface area contributed by atoms with Gasteiger partial charge >= 0.3 is 5.97 Å². The van der Waals surface area contributed by atoms with E-state index in [4.69, 9.17) is 4.74 Å². The van der Waals surface area contributed by atoms with Gasteiger partial charge < -0.3 is 4.74 Å². The van der Waals surface area contributed by atoms with E-state index in [-0.39, 0.29) is 17.0 Å². The van der Waals surface area contributed by atoms with Crippen molar-refractivity contribution in [1.29, 1.82) is 0 Å². The fourth-order valence-corrected chi connectivity index (χ4v) is 3.64. The Morgan fingerprint density at radius 2 is 1.78 bits per heavy atom. The summed E-state index contributed by atoms with van der Waals surface area (Å²) in [4.78, 5) is 12.2. The fourth-order valence-electron chi connectivity index (χ4n) is 3.64. The van der Waals surface area contributed by atoms with Crippen LogP contribution in [0.4, 0.5) is 0 Å². The SMILES string of the molecule is CCC(C)(C)C(=O)OC1(C)CCC2(CCCC2)C1. The first-order valence-corrected chi connectivity index (χ1v) is 7.54. The zero-order chi connectivity index (χ0) is 13.4. The topological polar surface area (TPSA) is 26.3 Å². The molecule has 2 rings (SSSR count). The molecule has 0 saturated heterocycles. The molecule has 1 unspecified atom stereocenters. The van der Waals surface area contributed by atoms with E-state index in [1.807, 2.05) is 13.8 Å². The van der Waals surface area contributed by atoms with Gasteiger partial charge in [-0.1, -0.05) is 19.8 Å². The van der Waals surface area contributed by atoms with Gasteiger partial charge in [-0.05, 0) is 64.7 Å². The van der Waals surface area contributed by atoms with Crippen LogP contribution in [-0.2, 0) is 9.53 Å². The predicted octanol–water partition coefficient (Wildman–Crippen LogP) is 4.47. The summed E-state index contributed by atoms with van der Waals surface area (Å²) in [5.41, 5.74) is -0.0340. The number of esters is 1. The van der Waals surface area contributed by atoms with Crippen molar-refractivity contribution in [3.63, 3.8) is 0 Å². The Morgan fingerprint density at radius 1 is 1.17 bits per heavy atom. The lowest BCUT2D eigenvalue weighted by molar-refractivity contribution is -0.169.